The molecule has 96 valence electrons. The number of amidine groups is 1. The summed E-state index contributed by atoms with van der Waals surface area (Å²) in [6.45, 7) is 0.520. The molecule has 0 amide bonds. The summed E-state index contributed by atoms with van der Waals surface area (Å²) in [5.41, 5.74) is 4.32. The molecule has 0 radical (unpaired) electrons. The van der Waals surface area contributed by atoms with E-state index in [1.165, 1.54) is 0 Å². The van der Waals surface area contributed by atoms with Gasteiger partial charge in [0, 0.05) is 0 Å². The van der Waals surface area contributed by atoms with Crippen LogP contribution in [0.5, 0.6) is 0 Å². The average molecular weight is 251 g/mol. The van der Waals surface area contributed by atoms with Crippen molar-refractivity contribution in [2.75, 3.05) is 6.61 Å². The summed E-state index contributed by atoms with van der Waals surface area (Å²) in [5.74, 6) is 10.6. The molecule has 0 saturated carbocycles. The van der Waals surface area contributed by atoms with Crippen LogP contribution >= 0.6 is 0 Å². The summed E-state index contributed by atoms with van der Waals surface area (Å²) in [5, 5.41) is 19.9. The van der Waals surface area contributed by atoms with Crippen molar-refractivity contribution in [2.45, 2.75) is 6.61 Å². The van der Waals surface area contributed by atoms with Crippen molar-refractivity contribution in [3.8, 4) is 0 Å². The Hall–Kier alpha value is -2.39. The monoisotopic (exact) mass is 251 g/mol. The maximum absolute atomic E-state index is 9.27. The number of ether oxygens (including phenoxy) is 1. The zero-order chi connectivity index (χ0) is 13.0. The maximum Gasteiger partial charge on any atom is 0.161 e. The average Bonchev–Trinajstić information content (AvgIpc) is 2.76. The van der Waals surface area contributed by atoms with E-state index in [9.17, 15) is 5.21 Å². The van der Waals surface area contributed by atoms with E-state index in [4.69, 9.17) is 16.4 Å². The molecule has 1 heterocycles. The number of nitrogens with one attached hydrogen (secondary N) is 1. The smallest absolute Gasteiger partial charge is 0.161 e. The Balaban J connectivity index is 2.00. The predicted octanol–water partition coefficient (Wildman–Crippen LogP) is -1.08. The van der Waals surface area contributed by atoms with Gasteiger partial charge in [-0.25, -0.2) is 5.84 Å². The number of fused-ring (bicyclic) bond motifs is 1. The second-order valence-corrected chi connectivity index (χ2v) is 3.51. The Morgan fingerprint density at radius 1 is 1.56 bits per heavy atom. The molecule has 0 aliphatic carbocycles. The highest BCUT2D eigenvalue weighted by Gasteiger charge is 2.04. The van der Waals surface area contributed by atoms with E-state index in [0.717, 1.165) is 10.4 Å². The first-order chi connectivity index (χ1) is 8.74. The first kappa shape index (κ1) is 12.1. The molecule has 0 spiro atoms. The number of nitrogens with two attached hydrogens (primary N) is 2. The summed E-state index contributed by atoms with van der Waals surface area (Å²) in [7, 11) is 0. The highest BCUT2D eigenvalue weighted by atomic mass is 16.5. The second-order valence-electron chi connectivity index (χ2n) is 3.51. The molecule has 0 fully saturated rings. The van der Waals surface area contributed by atoms with Crippen molar-refractivity contribution in [1.29, 1.82) is 0 Å². The van der Waals surface area contributed by atoms with Crippen molar-refractivity contribution >= 4 is 16.9 Å². The molecule has 18 heavy (non-hydrogen) atoms. The molecule has 0 unspecified atom stereocenters. The first-order valence-corrected chi connectivity index (χ1v) is 5.09. The van der Waals surface area contributed by atoms with Crippen LogP contribution in [0.2, 0.25) is 0 Å². The van der Waals surface area contributed by atoms with Gasteiger partial charge in [0.15, 0.2) is 5.84 Å². The lowest BCUT2D eigenvalue weighted by molar-refractivity contribution is 0.154. The molecule has 9 nitrogen and oxygen atoms in total. The van der Waals surface area contributed by atoms with E-state index in [-0.39, 0.29) is 6.61 Å². The molecular weight excluding hydrogens is 238 g/mol. The van der Waals surface area contributed by atoms with E-state index in [1.54, 1.807) is 18.2 Å². The van der Waals surface area contributed by atoms with Gasteiger partial charge < -0.3 is 21.2 Å². The third-order valence-electron chi connectivity index (χ3n) is 2.32. The topological polar surface area (TPSA) is 137 Å². The largest absolute Gasteiger partial charge is 0.410 e. The van der Waals surface area contributed by atoms with E-state index in [2.05, 4.69) is 20.8 Å². The van der Waals surface area contributed by atoms with Gasteiger partial charge in [-0.05, 0) is 22.9 Å². The number of rotatable bonds is 4. The molecule has 0 saturated heterocycles. The SMILES string of the molecule is N/N=C(/COCc1ccc2c(c1)nnn2O)NN. The molecule has 0 bridgehead atoms. The molecular formula is C9H13N7O2. The van der Waals surface area contributed by atoms with Crippen LogP contribution in [-0.4, -0.2) is 32.8 Å². The van der Waals surface area contributed by atoms with Crippen molar-refractivity contribution in [3.63, 3.8) is 0 Å². The molecule has 0 aliphatic heterocycles. The molecule has 9 heteroatoms. The Kier molecular flexibility index (Phi) is 3.55. The standard InChI is InChI=1S/C9H13N7O2/c10-12-9(13-11)5-18-4-6-1-2-8-7(3-6)14-15-16(8)17/h1-3,17H,4-5,10-11H2,(H,12,13). The minimum Gasteiger partial charge on any atom is -0.410 e. The van der Waals surface area contributed by atoms with Gasteiger partial charge in [0.2, 0.25) is 0 Å². The van der Waals surface area contributed by atoms with Gasteiger partial charge in [0.25, 0.3) is 0 Å². The molecule has 1 aromatic heterocycles. The fourth-order valence-electron chi connectivity index (χ4n) is 1.43. The van der Waals surface area contributed by atoms with E-state index in [0.29, 0.717) is 23.5 Å². The Labute approximate surface area is 102 Å². The third kappa shape index (κ3) is 2.47. The van der Waals surface area contributed by atoms with Crippen LogP contribution in [0, 0.1) is 0 Å². The van der Waals surface area contributed by atoms with E-state index >= 15 is 0 Å². The Morgan fingerprint density at radius 3 is 3.11 bits per heavy atom. The highest BCUT2D eigenvalue weighted by molar-refractivity contribution is 5.82. The Morgan fingerprint density at radius 2 is 2.39 bits per heavy atom. The van der Waals surface area contributed by atoms with Crippen molar-refractivity contribution < 1.29 is 9.94 Å². The zero-order valence-electron chi connectivity index (χ0n) is 9.45. The van der Waals surface area contributed by atoms with Crippen LogP contribution in [-0.2, 0) is 11.3 Å². The molecule has 1 aromatic carbocycles. The maximum atomic E-state index is 9.27. The van der Waals surface area contributed by atoms with E-state index in [1.807, 2.05) is 0 Å². The van der Waals surface area contributed by atoms with Crippen LogP contribution in [0.15, 0.2) is 23.3 Å². The number of hydrazine groups is 1. The van der Waals surface area contributed by atoms with Gasteiger partial charge >= 0.3 is 0 Å². The number of nitrogens with zero attached hydrogens (tertiary/aromatic N) is 4. The Bertz CT molecular complexity index is 565. The molecule has 2 rings (SSSR count). The van der Waals surface area contributed by atoms with Gasteiger partial charge in [0.1, 0.15) is 17.6 Å². The molecule has 0 atom stereocenters. The summed E-state index contributed by atoms with van der Waals surface area (Å²) >= 11 is 0. The van der Waals surface area contributed by atoms with Crippen molar-refractivity contribution in [1.82, 2.24) is 20.6 Å². The van der Waals surface area contributed by atoms with Crippen LogP contribution in [0.25, 0.3) is 11.0 Å². The number of benzene rings is 1. The van der Waals surface area contributed by atoms with Gasteiger partial charge in [-0.3, -0.25) is 0 Å². The van der Waals surface area contributed by atoms with Crippen LogP contribution in [0.4, 0.5) is 0 Å². The van der Waals surface area contributed by atoms with Gasteiger partial charge in [-0.2, -0.15) is 5.10 Å². The van der Waals surface area contributed by atoms with Crippen molar-refractivity contribution in [2.24, 2.45) is 16.8 Å². The zero-order valence-corrected chi connectivity index (χ0v) is 9.45. The predicted molar refractivity (Wildman–Crippen MR) is 63.3 cm³/mol. The van der Waals surface area contributed by atoms with Gasteiger partial charge in [-0.15, -0.1) is 5.10 Å². The normalized spacial score (nSPS) is 11.9. The molecule has 2 aromatic rings. The summed E-state index contributed by atoms with van der Waals surface area (Å²) in [6, 6.07) is 5.27. The van der Waals surface area contributed by atoms with Crippen LogP contribution in [0.1, 0.15) is 5.56 Å². The molecule has 0 aliphatic rings. The number of aromatic nitrogens is 3. The fraction of sp³-hybridized carbons (Fsp3) is 0.222. The van der Waals surface area contributed by atoms with Crippen molar-refractivity contribution in [3.05, 3.63) is 23.8 Å². The molecule has 6 N–H and O–H groups in total. The first-order valence-electron chi connectivity index (χ1n) is 5.09. The number of hydrazone groups is 1. The lowest BCUT2D eigenvalue weighted by Crippen LogP contribution is -2.34. The third-order valence-corrected chi connectivity index (χ3v) is 2.32. The van der Waals surface area contributed by atoms with Crippen LogP contribution < -0.4 is 17.1 Å². The minimum absolute atomic E-state index is 0.178. The summed E-state index contributed by atoms with van der Waals surface area (Å²) in [6.07, 6.45) is 0. The van der Waals surface area contributed by atoms with Crippen LogP contribution in [0.3, 0.4) is 0 Å². The summed E-state index contributed by atoms with van der Waals surface area (Å²) < 4.78 is 5.35. The lowest BCUT2D eigenvalue weighted by atomic mass is 10.2. The van der Waals surface area contributed by atoms with Gasteiger partial charge in [0.05, 0.1) is 6.61 Å². The quantitative estimate of drug-likeness (QED) is 0.178. The second kappa shape index (κ2) is 5.29. The number of hydrogen-bond acceptors (Lipinski definition) is 7. The van der Waals surface area contributed by atoms with Gasteiger partial charge in [-0.1, -0.05) is 10.9 Å². The number of hydrogen-bond donors (Lipinski definition) is 4. The minimum atomic E-state index is 0.178. The lowest BCUT2D eigenvalue weighted by Gasteiger charge is -2.05. The summed E-state index contributed by atoms with van der Waals surface area (Å²) in [4.78, 5) is 0.720. The van der Waals surface area contributed by atoms with E-state index < -0.39 is 0 Å². The highest BCUT2D eigenvalue weighted by Crippen LogP contribution is 2.12. The fourth-order valence-corrected chi connectivity index (χ4v) is 1.43.